The van der Waals surface area contributed by atoms with Crippen molar-refractivity contribution in [3.05, 3.63) is 34.3 Å². The van der Waals surface area contributed by atoms with Crippen molar-refractivity contribution in [1.29, 1.82) is 0 Å². The SMILES string of the molecule is Cn1cnnc1CNc1c(Cl)cc(N)cc1Cl. The molecule has 0 atom stereocenters. The zero-order valence-electron chi connectivity index (χ0n) is 9.11. The Labute approximate surface area is 109 Å². The van der Waals surface area contributed by atoms with E-state index in [1.54, 1.807) is 18.5 Å². The number of rotatable bonds is 3. The van der Waals surface area contributed by atoms with Gasteiger partial charge in [-0.3, -0.25) is 0 Å². The summed E-state index contributed by atoms with van der Waals surface area (Å²) in [6.07, 6.45) is 1.63. The van der Waals surface area contributed by atoms with E-state index in [0.717, 1.165) is 5.82 Å². The van der Waals surface area contributed by atoms with Gasteiger partial charge in [0.1, 0.15) is 6.33 Å². The van der Waals surface area contributed by atoms with Gasteiger partial charge in [0.25, 0.3) is 0 Å². The minimum atomic E-state index is 0.483. The Bertz CT molecular complexity index is 514. The molecule has 3 N–H and O–H groups in total. The topological polar surface area (TPSA) is 68.8 Å². The summed E-state index contributed by atoms with van der Waals surface area (Å²) in [6, 6.07) is 3.29. The second kappa shape index (κ2) is 4.81. The van der Waals surface area contributed by atoms with Crippen molar-refractivity contribution in [2.45, 2.75) is 6.54 Å². The van der Waals surface area contributed by atoms with Crippen molar-refractivity contribution >= 4 is 34.6 Å². The van der Waals surface area contributed by atoms with Gasteiger partial charge >= 0.3 is 0 Å². The average Bonchev–Trinajstić information content (AvgIpc) is 2.62. The fourth-order valence-corrected chi connectivity index (χ4v) is 2.03. The smallest absolute Gasteiger partial charge is 0.151 e. The molecule has 5 nitrogen and oxygen atoms in total. The number of nitrogens with zero attached hydrogens (tertiary/aromatic N) is 3. The highest BCUT2D eigenvalue weighted by molar-refractivity contribution is 6.39. The monoisotopic (exact) mass is 271 g/mol. The third kappa shape index (κ3) is 2.62. The van der Waals surface area contributed by atoms with Gasteiger partial charge in [-0.05, 0) is 12.1 Å². The van der Waals surface area contributed by atoms with Crippen LogP contribution in [0.25, 0.3) is 0 Å². The summed E-state index contributed by atoms with van der Waals surface area (Å²) >= 11 is 12.1. The van der Waals surface area contributed by atoms with Crippen molar-refractivity contribution in [3.63, 3.8) is 0 Å². The van der Waals surface area contributed by atoms with Crippen molar-refractivity contribution in [2.24, 2.45) is 7.05 Å². The number of nitrogens with two attached hydrogens (primary N) is 1. The molecule has 0 unspecified atom stereocenters. The first kappa shape index (κ1) is 12.0. The second-order valence-electron chi connectivity index (χ2n) is 3.57. The highest BCUT2D eigenvalue weighted by Crippen LogP contribution is 2.32. The first-order chi connectivity index (χ1) is 8.08. The second-order valence-corrected chi connectivity index (χ2v) is 4.39. The van der Waals surface area contributed by atoms with E-state index >= 15 is 0 Å². The molecule has 2 aromatic rings. The number of nitrogens with one attached hydrogen (secondary N) is 1. The van der Waals surface area contributed by atoms with E-state index in [-0.39, 0.29) is 0 Å². The Morgan fingerprint density at radius 2 is 2.00 bits per heavy atom. The van der Waals surface area contributed by atoms with Crippen LogP contribution in [-0.2, 0) is 13.6 Å². The molecule has 0 aliphatic heterocycles. The van der Waals surface area contributed by atoms with E-state index in [1.165, 1.54) is 0 Å². The Kier molecular flexibility index (Phi) is 3.40. The summed E-state index contributed by atoms with van der Waals surface area (Å²) < 4.78 is 1.81. The van der Waals surface area contributed by atoms with Crippen molar-refractivity contribution in [3.8, 4) is 0 Å². The fourth-order valence-electron chi connectivity index (χ4n) is 1.40. The average molecular weight is 272 g/mol. The highest BCUT2D eigenvalue weighted by atomic mass is 35.5. The van der Waals surface area contributed by atoms with Crippen molar-refractivity contribution in [1.82, 2.24) is 14.8 Å². The lowest BCUT2D eigenvalue weighted by atomic mass is 10.3. The number of aromatic nitrogens is 3. The molecular weight excluding hydrogens is 261 g/mol. The first-order valence-corrected chi connectivity index (χ1v) is 5.65. The third-order valence-electron chi connectivity index (χ3n) is 2.29. The molecule has 1 aromatic heterocycles. The molecule has 0 amide bonds. The predicted octanol–water partition coefficient (Wildman–Crippen LogP) is 2.32. The first-order valence-electron chi connectivity index (χ1n) is 4.89. The van der Waals surface area contributed by atoms with Crippen LogP contribution in [0.15, 0.2) is 18.5 Å². The standard InChI is InChI=1S/C10H11Cl2N5/c1-17-5-15-16-9(17)4-14-10-7(11)2-6(13)3-8(10)12/h2-3,5,14H,4,13H2,1H3. The Balaban J connectivity index is 2.17. The largest absolute Gasteiger partial charge is 0.399 e. The quantitative estimate of drug-likeness (QED) is 0.841. The summed E-state index contributed by atoms with van der Waals surface area (Å²) in [7, 11) is 1.86. The molecular formula is C10H11Cl2N5. The van der Waals surface area contributed by atoms with Crippen LogP contribution in [-0.4, -0.2) is 14.8 Å². The molecule has 0 radical (unpaired) electrons. The van der Waals surface area contributed by atoms with Crippen LogP contribution in [0.2, 0.25) is 10.0 Å². The Morgan fingerprint density at radius 3 is 2.53 bits per heavy atom. The summed E-state index contributed by atoms with van der Waals surface area (Å²) in [5, 5.41) is 11.8. The molecule has 0 aliphatic carbocycles. The maximum absolute atomic E-state index is 6.04. The van der Waals surface area contributed by atoms with Crippen molar-refractivity contribution in [2.75, 3.05) is 11.1 Å². The molecule has 7 heteroatoms. The van der Waals surface area contributed by atoms with Gasteiger partial charge in [-0.15, -0.1) is 10.2 Å². The van der Waals surface area contributed by atoms with Gasteiger partial charge in [0.05, 0.1) is 22.3 Å². The van der Waals surface area contributed by atoms with Gasteiger partial charge in [0, 0.05) is 12.7 Å². The maximum Gasteiger partial charge on any atom is 0.151 e. The summed E-state index contributed by atoms with van der Waals surface area (Å²) in [5.74, 6) is 0.786. The molecule has 0 saturated carbocycles. The van der Waals surface area contributed by atoms with E-state index in [2.05, 4.69) is 15.5 Å². The molecule has 0 spiro atoms. The van der Waals surface area contributed by atoms with Crippen LogP contribution in [0.1, 0.15) is 5.82 Å². The van der Waals surface area contributed by atoms with E-state index in [9.17, 15) is 0 Å². The summed E-state index contributed by atoms with van der Waals surface area (Å²) in [5.41, 5.74) is 6.80. The maximum atomic E-state index is 6.04. The molecule has 1 aromatic carbocycles. The zero-order chi connectivity index (χ0) is 12.4. The Hall–Kier alpha value is -1.46. The van der Waals surface area contributed by atoms with Gasteiger partial charge in [0.15, 0.2) is 5.82 Å². The van der Waals surface area contributed by atoms with Crippen LogP contribution in [0, 0.1) is 0 Å². The van der Waals surface area contributed by atoms with Gasteiger partial charge in [-0.2, -0.15) is 0 Å². The molecule has 0 bridgehead atoms. The number of hydrogen-bond acceptors (Lipinski definition) is 4. The van der Waals surface area contributed by atoms with E-state index < -0.39 is 0 Å². The van der Waals surface area contributed by atoms with E-state index in [4.69, 9.17) is 28.9 Å². The number of benzene rings is 1. The number of hydrogen-bond donors (Lipinski definition) is 2. The molecule has 90 valence electrons. The summed E-state index contributed by atoms with van der Waals surface area (Å²) in [6.45, 7) is 0.486. The molecule has 2 rings (SSSR count). The zero-order valence-corrected chi connectivity index (χ0v) is 10.6. The lowest BCUT2D eigenvalue weighted by Gasteiger charge is -2.10. The van der Waals surface area contributed by atoms with Gasteiger partial charge in [-0.1, -0.05) is 23.2 Å². The van der Waals surface area contributed by atoms with E-state index in [1.807, 2.05) is 11.6 Å². The molecule has 1 heterocycles. The van der Waals surface area contributed by atoms with Crippen LogP contribution in [0.5, 0.6) is 0 Å². The summed E-state index contributed by atoms with van der Waals surface area (Å²) in [4.78, 5) is 0. The number of nitrogen functional groups attached to an aromatic ring is 1. The van der Waals surface area contributed by atoms with Crippen LogP contribution in [0.3, 0.4) is 0 Å². The molecule has 17 heavy (non-hydrogen) atoms. The van der Waals surface area contributed by atoms with Gasteiger partial charge < -0.3 is 15.6 Å². The third-order valence-corrected chi connectivity index (χ3v) is 2.89. The minimum Gasteiger partial charge on any atom is -0.399 e. The molecule has 0 aliphatic rings. The van der Waals surface area contributed by atoms with Crippen LogP contribution in [0.4, 0.5) is 11.4 Å². The highest BCUT2D eigenvalue weighted by Gasteiger charge is 2.08. The fraction of sp³-hybridized carbons (Fsp3) is 0.200. The van der Waals surface area contributed by atoms with Crippen molar-refractivity contribution < 1.29 is 0 Å². The van der Waals surface area contributed by atoms with Crippen LogP contribution >= 0.6 is 23.2 Å². The predicted molar refractivity (Wildman–Crippen MR) is 69.2 cm³/mol. The minimum absolute atomic E-state index is 0.483. The molecule has 0 fully saturated rings. The lowest BCUT2D eigenvalue weighted by molar-refractivity contribution is 0.812. The number of anilines is 2. The number of aryl methyl sites for hydroxylation is 1. The van der Waals surface area contributed by atoms with Gasteiger partial charge in [-0.25, -0.2) is 0 Å². The van der Waals surface area contributed by atoms with Gasteiger partial charge in [0.2, 0.25) is 0 Å². The van der Waals surface area contributed by atoms with E-state index in [0.29, 0.717) is 28.0 Å². The lowest BCUT2D eigenvalue weighted by Crippen LogP contribution is -2.06. The normalized spacial score (nSPS) is 10.5. The molecule has 0 saturated heterocycles. The number of halogens is 2. The van der Waals surface area contributed by atoms with Crippen LogP contribution < -0.4 is 11.1 Å². The Morgan fingerprint density at radius 1 is 1.35 bits per heavy atom.